The van der Waals surface area contributed by atoms with Crippen LogP contribution in [0.1, 0.15) is 22.6 Å². The number of halogens is 3. The van der Waals surface area contributed by atoms with Crippen LogP contribution in [0.5, 0.6) is 0 Å². The van der Waals surface area contributed by atoms with Crippen molar-refractivity contribution in [1.29, 1.82) is 0 Å². The second kappa shape index (κ2) is 5.26. The number of hydrogen-bond donors (Lipinski definition) is 1. The maximum atomic E-state index is 14.0. The Morgan fingerprint density at radius 3 is 2.70 bits per heavy atom. The van der Waals surface area contributed by atoms with Crippen molar-refractivity contribution in [1.82, 2.24) is 0 Å². The molecule has 0 bridgehead atoms. The van der Waals surface area contributed by atoms with E-state index in [1.54, 1.807) is 0 Å². The van der Waals surface area contributed by atoms with Crippen molar-refractivity contribution in [2.75, 3.05) is 0 Å². The second-order valence-electron chi connectivity index (χ2n) is 5.20. The molecule has 2 unspecified atom stereocenters. The molecule has 0 amide bonds. The summed E-state index contributed by atoms with van der Waals surface area (Å²) in [5.41, 5.74) is 8.72. The summed E-state index contributed by atoms with van der Waals surface area (Å²) >= 11 is 3.08. The van der Waals surface area contributed by atoms with Gasteiger partial charge in [0.2, 0.25) is 0 Å². The predicted molar refractivity (Wildman–Crippen MR) is 78.6 cm³/mol. The van der Waals surface area contributed by atoms with E-state index in [1.807, 2.05) is 18.2 Å². The fourth-order valence-corrected chi connectivity index (χ4v) is 3.19. The summed E-state index contributed by atoms with van der Waals surface area (Å²) in [6.45, 7) is 0. The minimum atomic E-state index is -0.548. The molecule has 0 fully saturated rings. The average molecular weight is 338 g/mol. The Morgan fingerprint density at radius 1 is 1.20 bits per heavy atom. The van der Waals surface area contributed by atoms with Crippen molar-refractivity contribution in [3.63, 3.8) is 0 Å². The van der Waals surface area contributed by atoms with Gasteiger partial charge in [-0.05, 0) is 52.0 Å². The van der Waals surface area contributed by atoms with Crippen LogP contribution in [-0.4, -0.2) is 6.04 Å². The Balaban J connectivity index is 1.82. The Hall–Kier alpha value is -1.26. The van der Waals surface area contributed by atoms with E-state index in [2.05, 4.69) is 22.0 Å². The van der Waals surface area contributed by atoms with E-state index in [4.69, 9.17) is 5.73 Å². The highest BCUT2D eigenvalue weighted by Gasteiger charge is 2.31. The van der Waals surface area contributed by atoms with Gasteiger partial charge in [0.1, 0.15) is 11.6 Å². The minimum Gasteiger partial charge on any atom is -0.327 e. The lowest BCUT2D eigenvalue weighted by molar-refractivity contribution is 0.458. The molecule has 4 heteroatoms. The first-order valence-corrected chi connectivity index (χ1v) is 7.33. The van der Waals surface area contributed by atoms with E-state index in [1.165, 1.54) is 23.3 Å². The first kappa shape index (κ1) is 13.7. The van der Waals surface area contributed by atoms with Crippen LogP contribution in [0.3, 0.4) is 0 Å². The lowest BCUT2D eigenvalue weighted by Gasteiger charge is -2.34. The molecule has 2 aromatic carbocycles. The van der Waals surface area contributed by atoms with E-state index in [-0.39, 0.29) is 28.4 Å². The molecule has 2 N–H and O–H groups in total. The van der Waals surface area contributed by atoms with E-state index in [9.17, 15) is 8.78 Å². The molecule has 0 radical (unpaired) electrons. The van der Waals surface area contributed by atoms with Crippen LogP contribution in [0, 0.1) is 11.6 Å². The van der Waals surface area contributed by atoms with Crippen molar-refractivity contribution in [3.8, 4) is 0 Å². The lowest BCUT2D eigenvalue weighted by atomic mass is 9.72. The summed E-state index contributed by atoms with van der Waals surface area (Å²) in [6, 6.07) is 10.4. The Labute approximate surface area is 124 Å². The fraction of sp³-hybridized carbons (Fsp3) is 0.250. The number of fused-ring (bicyclic) bond motifs is 1. The Bertz CT molecular complexity index is 657. The van der Waals surface area contributed by atoms with E-state index >= 15 is 0 Å². The summed E-state index contributed by atoms with van der Waals surface area (Å²) in [4.78, 5) is 0. The lowest BCUT2D eigenvalue weighted by Crippen LogP contribution is -2.37. The molecule has 104 valence electrons. The molecule has 1 aliphatic rings. The summed E-state index contributed by atoms with van der Waals surface area (Å²) in [5, 5.41) is 0. The molecule has 2 aromatic rings. The molecule has 2 atom stereocenters. The number of rotatable bonds is 3. The van der Waals surface area contributed by atoms with Gasteiger partial charge in [0.15, 0.2) is 0 Å². The van der Waals surface area contributed by atoms with Gasteiger partial charge in [-0.1, -0.05) is 24.3 Å². The maximum Gasteiger partial charge on any atom is 0.143 e. The molecule has 0 spiro atoms. The zero-order valence-electron chi connectivity index (χ0n) is 10.7. The van der Waals surface area contributed by atoms with Gasteiger partial charge < -0.3 is 5.73 Å². The summed E-state index contributed by atoms with van der Waals surface area (Å²) < 4.78 is 28.0. The van der Waals surface area contributed by atoms with Crippen molar-refractivity contribution < 1.29 is 8.78 Å². The normalized spacial score (nSPS) is 18.3. The van der Waals surface area contributed by atoms with Crippen molar-refractivity contribution >= 4 is 15.9 Å². The van der Waals surface area contributed by atoms with Crippen LogP contribution in [0.2, 0.25) is 0 Å². The predicted octanol–water partition coefficient (Wildman–Crippen LogP) is 3.94. The molecule has 0 saturated heterocycles. The standard InChI is InChI=1S/C16H14BrF2N/c17-13-5-6-14(18)12(16(13)19)8-15(20)11-7-9-3-1-2-4-10(9)11/h1-6,11,15H,7-8,20H2. The monoisotopic (exact) mass is 337 g/mol. The van der Waals surface area contributed by atoms with Crippen LogP contribution in [0.15, 0.2) is 40.9 Å². The van der Waals surface area contributed by atoms with Gasteiger partial charge in [0.25, 0.3) is 0 Å². The summed E-state index contributed by atoms with van der Waals surface area (Å²) in [7, 11) is 0. The van der Waals surface area contributed by atoms with E-state index in [0.717, 1.165) is 6.42 Å². The first-order chi connectivity index (χ1) is 9.58. The zero-order chi connectivity index (χ0) is 14.3. The minimum absolute atomic E-state index is 0.0660. The quantitative estimate of drug-likeness (QED) is 0.843. The van der Waals surface area contributed by atoms with E-state index < -0.39 is 11.6 Å². The van der Waals surface area contributed by atoms with Crippen molar-refractivity contribution in [2.45, 2.75) is 24.8 Å². The summed E-state index contributed by atoms with van der Waals surface area (Å²) in [5.74, 6) is -0.897. The fourth-order valence-electron chi connectivity index (χ4n) is 2.81. The van der Waals surface area contributed by atoms with Gasteiger partial charge in [0, 0.05) is 17.5 Å². The molecular weight excluding hydrogens is 324 g/mol. The third kappa shape index (κ3) is 2.27. The largest absolute Gasteiger partial charge is 0.327 e. The highest BCUT2D eigenvalue weighted by molar-refractivity contribution is 9.10. The smallest absolute Gasteiger partial charge is 0.143 e. The van der Waals surface area contributed by atoms with Gasteiger partial charge in [-0.3, -0.25) is 0 Å². The topological polar surface area (TPSA) is 26.0 Å². The van der Waals surface area contributed by atoms with Gasteiger partial charge in [-0.25, -0.2) is 8.78 Å². The highest BCUT2D eigenvalue weighted by atomic mass is 79.9. The molecule has 3 rings (SSSR count). The third-order valence-corrected chi connectivity index (χ3v) is 4.60. The molecular formula is C16H14BrF2N. The number of hydrogen-bond acceptors (Lipinski definition) is 1. The van der Waals surface area contributed by atoms with Gasteiger partial charge in [0.05, 0.1) is 4.47 Å². The van der Waals surface area contributed by atoms with Gasteiger partial charge in [-0.15, -0.1) is 0 Å². The average Bonchev–Trinajstić information content (AvgIpc) is 2.41. The van der Waals surface area contributed by atoms with Gasteiger partial charge >= 0.3 is 0 Å². The van der Waals surface area contributed by atoms with Gasteiger partial charge in [-0.2, -0.15) is 0 Å². The molecule has 0 saturated carbocycles. The molecule has 1 nitrogen and oxygen atoms in total. The molecule has 0 aromatic heterocycles. The van der Waals surface area contributed by atoms with E-state index in [0.29, 0.717) is 0 Å². The first-order valence-electron chi connectivity index (χ1n) is 6.53. The third-order valence-electron chi connectivity index (χ3n) is 3.99. The number of nitrogens with two attached hydrogens (primary N) is 1. The van der Waals surface area contributed by atoms with Crippen LogP contribution >= 0.6 is 15.9 Å². The van der Waals surface area contributed by atoms with Crippen LogP contribution in [0.25, 0.3) is 0 Å². The molecule has 0 aliphatic heterocycles. The highest BCUT2D eigenvalue weighted by Crippen LogP contribution is 2.38. The zero-order valence-corrected chi connectivity index (χ0v) is 12.3. The SMILES string of the molecule is NC(Cc1c(F)ccc(Br)c1F)C1Cc2ccccc21. The second-order valence-corrected chi connectivity index (χ2v) is 6.05. The molecule has 1 aliphatic carbocycles. The van der Waals surface area contributed by atoms with Crippen LogP contribution in [-0.2, 0) is 12.8 Å². The molecule has 20 heavy (non-hydrogen) atoms. The Kier molecular flexibility index (Phi) is 3.61. The Morgan fingerprint density at radius 2 is 1.95 bits per heavy atom. The van der Waals surface area contributed by atoms with Crippen molar-refractivity contribution in [2.24, 2.45) is 5.73 Å². The van der Waals surface area contributed by atoms with Crippen LogP contribution in [0.4, 0.5) is 8.78 Å². The van der Waals surface area contributed by atoms with Crippen molar-refractivity contribution in [3.05, 3.63) is 69.2 Å². The maximum absolute atomic E-state index is 14.0. The summed E-state index contributed by atoms with van der Waals surface area (Å²) in [6.07, 6.45) is 1.09. The van der Waals surface area contributed by atoms with Crippen LogP contribution < -0.4 is 5.73 Å². The molecule has 0 heterocycles. The number of benzene rings is 2.